The molecule has 0 saturated heterocycles. The van der Waals surface area contributed by atoms with E-state index in [2.05, 4.69) is 9.99 Å². The van der Waals surface area contributed by atoms with Gasteiger partial charge in [0.15, 0.2) is 0 Å². The fourth-order valence-electron chi connectivity index (χ4n) is 1.15. The van der Waals surface area contributed by atoms with Gasteiger partial charge in [-0.2, -0.15) is 0 Å². The Morgan fingerprint density at radius 3 is 2.61 bits per heavy atom. The number of nitrogens with zero attached hydrogens (tertiary/aromatic N) is 1. The summed E-state index contributed by atoms with van der Waals surface area (Å²) in [7, 11) is 1.61. The second kappa shape index (κ2) is 7.11. The summed E-state index contributed by atoms with van der Waals surface area (Å²) in [5.74, 6) is -0.256. The van der Waals surface area contributed by atoms with Crippen LogP contribution in [-0.4, -0.2) is 30.5 Å². The maximum absolute atomic E-state index is 10.2. The van der Waals surface area contributed by atoms with Gasteiger partial charge in [-0.1, -0.05) is 23.4 Å². The van der Waals surface area contributed by atoms with E-state index in [0.717, 1.165) is 11.3 Å². The van der Waals surface area contributed by atoms with Gasteiger partial charge in [-0.05, 0) is 30.7 Å². The van der Waals surface area contributed by atoms with Crippen LogP contribution in [-0.2, 0) is 9.63 Å². The number of benzene rings is 1. The van der Waals surface area contributed by atoms with Crippen LogP contribution in [0.1, 0.15) is 12.5 Å². The molecule has 96 valence electrons. The quantitative estimate of drug-likeness (QED) is 0.619. The minimum Gasteiger partial charge on any atom is -0.497 e. The molecule has 1 rings (SSSR count). The first-order chi connectivity index (χ1) is 8.61. The molecule has 0 unspecified atom stereocenters. The van der Waals surface area contributed by atoms with Crippen molar-refractivity contribution in [2.45, 2.75) is 6.92 Å². The highest BCUT2D eigenvalue weighted by Gasteiger charge is 1.94. The highest BCUT2D eigenvalue weighted by Crippen LogP contribution is 2.12. The van der Waals surface area contributed by atoms with Crippen LogP contribution in [0.5, 0.6) is 5.75 Å². The molecule has 0 amide bonds. The van der Waals surface area contributed by atoms with Crippen LogP contribution >= 0.6 is 0 Å². The first-order valence-corrected chi connectivity index (χ1v) is 5.32. The summed E-state index contributed by atoms with van der Waals surface area (Å²) in [6, 6.07) is 7.52. The van der Waals surface area contributed by atoms with Gasteiger partial charge in [0.05, 0.1) is 12.8 Å². The van der Waals surface area contributed by atoms with Gasteiger partial charge in [-0.15, -0.1) is 0 Å². The Bertz CT molecular complexity index is 449. The summed E-state index contributed by atoms with van der Waals surface area (Å²) in [5, 5.41) is 12.0. The van der Waals surface area contributed by atoms with Crippen LogP contribution in [0, 0.1) is 0 Å². The van der Waals surface area contributed by atoms with Crippen LogP contribution in [0.2, 0.25) is 0 Å². The van der Waals surface area contributed by atoms with Crippen molar-refractivity contribution in [3.63, 3.8) is 0 Å². The van der Waals surface area contributed by atoms with Gasteiger partial charge in [0, 0.05) is 0 Å². The normalized spacial score (nSPS) is 11.6. The molecule has 18 heavy (non-hydrogen) atoms. The van der Waals surface area contributed by atoms with E-state index in [-0.39, 0.29) is 0 Å². The summed E-state index contributed by atoms with van der Waals surface area (Å²) in [4.78, 5) is 14.8. The third-order valence-electron chi connectivity index (χ3n) is 2.03. The van der Waals surface area contributed by atoms with E-state index >= 15 is 0 Å². The average Bonchev–Trinajstić information content (AvgIpc) is 2.36. The van der Waals surface area contributed by atoms with Crippen molar-refractivity contribution in [2.75, 3.05) is 13.7 Å². The Labute approximate surface area is 105 Å². The van der Waals surface area contributed by atoms with Crippen molar-refractivity contribution in [3.8, 4) is 5.75 Å². The molecule has 0 saturated carbocycles. The van der Waals surface area contributed by atoms with Crippen molar-refractivity contribution in [1.82, 2.24) is 0 Å². The number of ether oxygens (including phenoxy) is 1. The summed E-state index contributed by atoms with van der Waals surface area (Å²) >= 11 is 0. The third-order valence-corrected chi connectivity index (χ3v) is 2.03. The molecule has 0 spiro atoms. The summed E-state index contributed by atoms with van der Waals surface area (Å²) in [5.41, 5.74) is 1.58. The largest absolute Gasteiger partial charge is 0.497 e. The standard InChI is InChI=1S/C13H15NO4/c1-10(14-18-9-13(15)16)3-4-11-5-7-12(17-2)8-6-11/h3-8H,9H2,1-2H3,(H,15,16)/b4-3+,14-10+. The molecule has 0 radical (unpaired) electrons. The fourth-order valence-corrected chi connectivity index (χ4v) is 1.15. The number of oxime groups is 1. The molecular formula is C13H15NO4. The molecule has 0 atom stereocenters. The van der Waals surface area contributed by atoms with Gasteiger partial charge in [0.25, 0.3) is 0 Å². The molecule has 0 aliphatic carbocycles. The zero-order chi connectivity index (χ0) is 13.4. The molecule has 0 aliphatic rings. The van der Waals surface area contributed by atoms with E-state index < -0.39 is 12.6 Å². The number of carboxylic acid groups (broad SMARTS) is 1. The van der Waals surface area contributed by atoms with Crippen molar-refractivity contribution in [2.24, 2.45) is 5.16 Å². The molecule has 5 heteroatoms. The highest BCUT2D eigenvalue weighted by molar-refractivity contribution is 5.95. The van der Waals surface area contributed by atoms with Gasteiger partial charge >= 0.3 is 5.97 Å². The Kier molecular flexibility index (Phi) is 5.44. The van der Waals surface area contributed by atoms with E-state index in [4.69, 9.17) is 9.84 Å². The van der Waals surface area contributed by atoms with Gasteiger partial charge in [0.2, 0.25) is 6.61 Å². The molecule has 1 aromatic rings. The van der Waals surface area contributed by atoms with Crippen LogP contribution in [0.3, 0.4) is 0 Å². The molecule has 0 bridgehead atoms. The highest BCUT2D eigenvalue weighted by atomic mass is 16.6. The lowest BCUT2D eigenvalue weighted by molar-refractivity contribution is -0.142. The van der Waals surface area contributed by atoms with Crippen LogP contribution < -0.4 is 4.74 Å². The molecule has 1 aromatic carbocycles. The number of carboxylic acids is 1. The predicted molar refractivity (Wildman–Crippen MR) is 68.7 cm³/mol. The Morgan fingerprint density at radius 1 is 1.39 bits per heavy atom. The number of hydrogen-bond acceptors (Lipinski definition) is 4. The SMILES string of the molecule is COc1ccc(/C=C/C(C)=N/OCC(=O)O)cc1. The van der Waals surface area contributed by atoms with Crippen LogP contribution in [0.25, 0.3) is 6.08 Å². The maximum Gasteiger partial charge on any atom is 0.344 e. The molecule has 1 N–H and O–H groups in total. The lowest BCUT2D eigenvalue weighted by Crippen LogP contribution is -2.04. The zero-order valence-corrected chi connectivity index (χ0v) is 10.3. The number of methoxy groups -OCH3 is 1. The van der Waals surface area contributed by atoms with Crippen molar-refractivity contribution >= 4 is 17.8 Å². The smallest absolute Gasteiger partial charge is 0.344 e. The zero-order valence-electron chi connectivity index (χ0n) is 10.3. The van der Waals surface area contributed by atoms with E-state index in [9.17, 15) is 4.79 Å². The van der Waals surface area contributed by atoms with Crippen molar-refractivity contribution in [1.29, 1.82) is 0 Å². The number of aliphatic carboxylic acids is 1. The second-order valence-electron chi connectivity index (χ2n) is 3.51. The minimum absolute atomic E-state index is 0.437. The Hall–Kier alpha value is -2.30. The summed E-state index contributed by atoms with van der Waals surface area (Å²) in [6.45, 7) is 1.29. The Balaban J connectivity index is 2.54. The Morgan fingerprint density at radius 2 is 2.06 bits per heavy atom. The van der Waals surface area contributed by atoms with E-state index in [1.165, 1.54) is 0 Å². The maximum atomic E-state index is 10.2. The molecule has 0 fully saturated rings. The topological polar surface area (TPSA) is 68.1 Å². The molecule has 0 aromatic heterocycles. The van der Waals surface area contributed by atoms with Gasteiger partial charge < -0.3 is 14.7 Å². The van der Waals surface area contributed by atoms with E-state index in [1.807, 2.05) is 30.3 Å². The van der Waals surface area contributed by atoms with Crippen LogP contribution in [0.4, 0.5) is 0 Å². The predicted octanol–water partition coefficient (Wildman–Crippen LogP) is 2.19. The number of rotatable bonds is 6. The lowest BCUT2D eigenvalue weighted by atomic mass is 10.2. The second-order valence-corrected chi connectivity index (χ2v) is 3.51. The fraction of sp³-hybridized carbons (Fsp3) is 0.231. The van der Waals surface area contributed by atoms with Gasteiger partial charge in [-0.3, -0.25) is 0 Å². The first-order valence-electron chi connectivity index (χ1n) is 5.32. The van der Waals surface area contributed by atoms with E-state index in [1.54, 1.807) is 20.1 Å². The van der Waals surface area contributed by atoms with Gasteiger partial charge in [-0.25, -0.2) is 4.79 Å². The van der Waals surface area contributed by atoms with Gasteiger partial charge in [0.1, 0.15) is 5.75 Å². The molecule has 5 nitrogen and oxygen atoms in total. The molecular weight excluding hydrogens is 234 g/mol. The molecule has 0 aliphatic heterocycles. The summed E-state index contributed by atoms with van der Waals surface area (Å²) < 4.78 is 5.05. The monoisotopic (exact) mass is 249 g/mol. The minimum atomic E-state index is -1.05. The number of hydrogen-bond donors (Lipinski definition) is 1. The molecule has 0 heterocycles. The van der Waals surface area contributed by atoms with Crippen LogP contribution in [0.15, 0.2) is 35.5 Å². The third kappa shape index (κ3) is 5.16. The number of carbonyl (C=O) groups is 1. The lowest BCUT2D eigenvalue weighted by Gasteiger charge is -1.99. The van der Waals surface area contributed by atoms with Crippen molar-refractivity contribution < 1.29 is 19.5 Å². The van der Waals surface area contributed by atoms with E-state index in [0.29, 0.717) is 5.71 Å². The first kappa shape index (κ1) is 13.8. The summed E-state index contributed by atoms with van der Waals surface area (Å²) in [6.07, 6.45) is 3.59. The number of allylic oxidation sites excluding steroid dienone is 1. The average molecular weight is 249 g/mol. The van der Waals surface area contributed by atoms with Crippen molar-refractivity contribution in [3.05, 3.63) is 35.9 Å².